The van der Waals surface area contributed by atoms with Gasteiger partial charge in [-0.15, -0.1) is 0 Å². The van der Waals surface area contributed by atoms with Gasteiger partial charge in [-0.25, -0.2) is 4.79 Å². The van der Waals surface area contributed by atoms with Crippen LogP contribution in [0, 0.1) is 5.92 Å². The first kappa shape index (κ1) is 10.4. The van der Waals surface area contributed by atoms with Crippen LogP contribution in [-0.2, 0) is 0 Å². The molecule has 2 amide bonds. The third kappa shape index (κ3) is 2.90. The molecule has 1 atom stereocenters. The summed E-state index contributed by atoms with van der Waals surface area (Å²) in [4.78, 5) is 12.9. The molecule has 0 aromatic rings. The summed E-state index contributed by atoms with van der Waals surface area (Å²) in [5.74, 6) is 0.643. The second-order valence-electron chi connectivity index (χ2n) is 4.31. The van der Waals surface area contributed by atoms with Gasteiger partial charge in [0.25, 0.3) is 0 Å². The van der Waals surface area contributed by atoms with Crippen molar-refractivity contribution in [1.29, 1.82) is 0 Å². The van der Waals surface area contributed by atoms with Crippen LogP contribution in [0.3, 0.4) is 0 Å². The third-order valence-electron chi connectivity index (χ3n) is 2.65. The molecule has 76 valence electrons. The highest BCUT2D eigenvalue weighted by atomic mass is 16.2. The van der Waals surface area contributed by atoms with E-state index in [1.807, 2.05) is 4.90 Å². The molecule has 1 saturated heterocycles. The smallest absolute Gasteiger partial charge is 0.315 e. The van der Waals surface area contributed by atoms with Crippen LogP contribution in [0.5, 0.6) is 0 Å². The zero-order chi connectivity index (χ0) is 9.84. The Morgan fingerprint density at radius 2 is 2.23 bits per heavy atom. The zero-order valence-corrected chi connectivity index (χ0v) is 8.62. The summed E-state index contributed by atoms with van der Waals surface area (Å²) >= 11 is 0. The summed E-state index contributed by atoms with van der Waals surface area (Å²) < 4.78 is 0. The molecule has 1 aliphatic heterocycles. The summed E-state index contributed by atoms with van der Waals surface area (Å²) in [5, 5.41) is 0. The Hall–Kier alpha value is -0.730. The molecule has 1 heterocycles. The van der Waals surface area contributed by atoms with Crippen LogP contribution in [0.1, 0.15) is 39.5 Å². The number of urea groups is 1. The lowest BCUT2D eigenvalue weighted by Gasteiger charge is -2.35. The lowest BCUT2D eigenvalue weighted by atomic mass is 9.94. The average Bonchev–Trinajstić information content (AvgIpc) is 2.03. The second-order valence-corrected chi connectivity index (χ2v) is 4.31. The highest BCUT2D eigenvalue weighted by Gasteiger charge is 2.25. The lowest BCUT2D eigenvalue weighted by Crippen LogP contribution is -2.46. The fraction of sp³-hybridized carbons (Fsp3) is 0.900. The fourth-order valence-electron chi connectivity index (χ4n) is 2.08. The van der Waals surface area contributed by atoms with Crippen LogP contribution >= 0.6 is 0 Å². The van der Waals surface area contributed by atoms with Crippen molar-refractivity contribution >= 4 is 6.03 Å². The number of hydrogen-bond donors (Lipinski definition) is 1. The molecule has 0 aliphatic carbocycles. The molecule has 1 fully saturated rings. The molecule has 1 unspecified atom stereocenters. The van der Waals surface area contributed by atoms with E-state index in [1.165, 1.54) is 6.42 Å². The number of nitrogens with two attached hydrogens (primary N) is 1. The van der Waals surface area contributed by atoms with E-state index in [0.29, 0.717) is 12.0 Å². The number of primary amides is 1. The van der Waals surface area contributed by atoms with Gasteiger partial charge >= 0.3 is 6.03 Å². The maximum absolute atomic E-state index is 11.1. The molecule has 1 rings (SSSR count). The number of rotatable bonds is 2. The van der Waals surface area contributed by atoms with Crippen molar-refractivity contribution in [3.05, 3.63) is 0 Å². The quantitative estimate of drug-likeness (QED) is 0.700. The summed E-state index contributed by atoms with van der Waals surface area (Å²) in [6.45, 7) is 5.23. The standard InChI is InChI=1S/C10H20N2O/c1-8(2)7-9-5-3-4-6-12(9)10(11)13/h8-9H,3-7H2,1-2H3,(H2,11,13). The molecule has 0 aromatic carbocycles. The fourth-order valence-corrected chi connectivity index (χ4v) is 2.08. The topological polar surface area (TPSA) is 46.3 Å². The Kier molecular flexibility index (Phi) is 3.58. The Morgan fingerprint density at radius 1 is 1.54 bits per heavy atom. The van der Waals surface area contributed by atoms with E-state index in [2.05, 4.69) is 13.8 Å². The van der Waals surface area contributed by atoms with Crippen LogP contribution < -0.4 is 5.73 Å². The number of likely N-dealkylation sites (tertiary alicyclic amines) is 1. The number of carbonyl (C=O) groups excluding carboxylic acids is 1. The van der Waals surface area contributed by atoms with E-state index in [1.54, 1.807) is 0 Å². The van der Waals surface area contributed by atoms with E-state index in [0.717, 1.165) is 25.8 Å². The second kappa shape index (κ2) is 4.49. The SMILES string of the molecule is CC(C)CC1CCCCN1C(N)=O. The largest absolute Gasteiger partial charge is 0.351 e. The molecule has 13 heavy (non-hydrogen) atoms. The molecule has 0 saturated carbocycles. The number of carbonyl (C=O) groups is 1. The van der Waals surface area contributed by atoms with Crippen molar-refractivity contribution in [3.63, 3.8) is 0 Å². The van der Waals surface area contributed by atoms with E-state index < -0.39 is 0 Å². The monoisotopic (exact) mass is 184 g/mol. The Balaban J connectivity index is 2.51. The van der Waals surface area contributed by atoms with Gasteiger partial charge in [0.2, 0.25) is 0 Å². The molecule has 3 heteroatoms. The van der Waals surface area contributed by atoms with Crippen molar-refractivity contribution in [3.8, 4) is 0 Å². The minimum absolute atomic E-state index is 0.245. The van der Waals surface area contributed by atoms with Crippen LogP contribution in [0.4, 0.5) is 4.79 Å². The zero-order valence-electron chi connectivity index (χ0n) is 8.62. The predicted octanol–water partition coefficient (Wildman–Crippen LogP) is 1.97. The van der Waals surface area contributed by atoms with Gasteiger partial charge in [-0.2, -0.15) is 0 Å². The van der Waals surface area contributed by atoms with Gasteiger partial charge in [0.1, 0.15) is 0 Å². The summed E-state index contributed by atoms with van der Waals surface area (Å²) in [6, 6.07) is 0.150. The minimum Gasteiger partial charge on any atom is -0.351 e. The molecular formula is C10H20N2O. The van der Waals surface area contributed by atoms with E-state index in [9.17, 15) is 4.79 Å². The summed E-state index contributed by atoms with van der Waals surface area (Å²) in [7, 11) is 0. The van der Waals surface area contributed by atoms with Crippen LogP contribution in [-0.4, -0.2) is 23.5 Å². The average molecular weight is 184 g/mol. The van der Waals surface area contributed by atoms with Crippen molar-refractivity contribution in [2.75, 3.05) is 6.54 Å². The van der Waals surface area contributed by atoms with Gasteiger partial charge in [0.15, 0.2) is 0 Å². The summed E-state index contributed by atoms with van der Waals surface area (Å²) in [5.41, 5.74) is 5.32. The van der Waals surface area contributed by atoms with Gasteiger partial charge in [-0.3, -0.25) is 0 Å². The van der Waals surface area contributed by atoms with Gasteiger partial charge in [0.05, 0.1) is 0 Å². The van der Waals surface area contributed by atoms with E-state index in [4.69, 9.17) is 5.73 Å². The molecule has 3 nitrogen and oxygen atoms in total. The summed E-state index contributed by atoms with van der Waals surface area (Å²) in [6.07, 6.45) is 4.56. The van der Waals surface area contributed by atoms with Crippen molar-refractivity contribution in [1.82, 2.24) is 4.90 Å². The molecule has 1 aliphatic rings. The lowest BCUT2D eigenvalue weighted by molar-refractivity contribution is 0.147. The molecule has 0 aromatic heterocycles. The van der Waals surface area contributed by atoms with Gasteiger partial charge in [0, 0.05) is 12.6 Å². The van der Waals surface area contributed by atoms with Gasteiger partial charge in [-0.05, 0) is 31.6 Å². The molecule has 0 spiro atoms. The molecule has 0 radical (unpaired) electrons. The van der Waals surface area contributed by atoms with E-state index >= 15 is 0 Å². The van der Waals surface area contributed by atoms with Gasteiger partial charge < -0.3 is 10.6 Å². The molecule has 2 N–H and O–H groups in total. The highest BCUT2D eigenvalue weighted by molar-refractivity contribution is 5.72. The van der Waals surface area contributed by atoms with Crippen molar-refractivity contribution < 1.29 is 4.79 Å². The Morgan fingerprint density at radius 3 is 2.77 bits per heavy atom. The Labute approximate surface area is 80.3 Å². The number of piperidine rings is 1. The molecule has 0 bridgehead atoms. The van der Waals surface area contributed by atoms with Crippen LogP contribution in [0.15, 0.2) is 0 Å². The van der Waals surface area contributed by atoms with Crippen LogP contribution in [0.2, 0.25) is 0 Å². The third-order valence-corrected chi connectivity index (χ3v) is 2.65. The van der Waals surface area contributed by atoms with Crippen molar-refractivity contribution in [2.24, 2.45) is 11.7 Å². The Bertz CT molecular complexity index is 180. The normalized spacial score (nSPS) is 23.6. The van der Waals surface area contributed by atoms with Crippen molar-refractivity contribution in [2.45, 2.75) is 45.6 Å². The maximum atomic E-state index is 11.1. The molecular weight excluding hydrogens is 164 g/mol. The van der Waals surface area contributed by atoms with E-state index in [-0.39, 0.29) is 6.03 Å². The first-order chi connectivity index (χ1) is 6.11. The predicted molar refractivity (Wildman–Crippen MR) is 53.4 cm³/mol. The van der Waals surface area contributed by atoms with Gasteiger partial charge in [-0.1, -0.05) is 13.8 Å². The maximum Gasteiger partial charge on any atom is 0.315 e. The first-order valence-electron chi connectivity index (χ1n) is 5.17. The number of hydrogen-bond acceptors (Lipinski definition) is 1. The minimum atomic E-state index is -0.245. The number of amides is 2. The number of nitrogens with zero attached hydrogens (tertiary/aromatic N) is 1. The van der Waals surface area contributed by atoms with Crippen LogP contribution in [0.25, 0.3) is 0 Å². The highest BCUT2D eigenvalue weighted by Crippen LogP contribution is 2.22. The first-order valence-corrected chi connectivity index (χ1v) is 5.17.